The molecule has 0 aliphatic carbocycles. The van der Waals surface area contributed by atoms with E-state index in [2.05, 4.69) is 61.2 Å². The number of methoxy groups -OCH3 is 2. The van der Waals surface area contributed by atoms with Crippen LogP contribution in [0, 0.1) is 12.3 Å². The van der Waals surface area contributed by atoms with E-state index >= 15 is 0 Å². The van der Waals surface area contributed by atoms with E-state index in [-0.39, 0.29) is 48.3 Å². The molecule has 4 aliphatic heterocycles. The first-order valence-corrected chi connectivity index (χ1v) is 26.0. The number of carbonyl (C=O) groups is 3. The molecule has 0 spiro atoms. The molecule has 13 nitrogen and oxygen atoms in total. The van der Waals surface area contributed by atoms with Crippen molar-refractivity contribution in [2.24, 2.45) is 10.4 Å². The van der Waals surface area contributed by atoms with Crippen LogP contribution in [0.3, 0.4) is 0 Å². The van der Waals surface area contributed by atoms with E-state index in [1.54, 1.807) is 26.4 Å². The van der Waals surface area contributed by atoms with Gasteiger partial charge in [0.25, 0.3) is 11.8 Å². The summed E-state index contributed by atoms with van der Waals surface area (Å²) in [6.07, 6.45) is 7.89. The largest absolute Gasteiger partial charge is 0.493 e. The standard InChI is InChI=1S/C60H70N4O9/c1-7-49(65)15-12-20-60(3,4)39-62(21-22-70-25-26-71-24-23-68-5)47-29-41(37-72-55-33-43-18-19-46-31-44-13-8-10-16-53(44)63(46)58(66)50(43)27-40(55)2)28-42(30-47)38-73-57-35-52-51(34-56(57)69-6)59(67)64-48(36-61-52)32-45-14-9-11-17-54(45)64/h8-11,13-14,16-17,27-30,33-36,46,48H,7,12,15,18-26,31-32,37-39H2,1-6H3/t46-,48+/m1/s1. The fourth-order valence-corrected chi connectivity index (χ4v) is 10.8. The van der Waals surface area contributed by atoms with Gasteiger partial charge in [-0.05, 0) is 126 Å². The number of nitrogens with zero attached hydrogens (tertiary/aromatic N) is 4. The van der Waals surface area contributed by atoms with Gasteiger partial charge in [0.05, 0.1) is 57.4 Å². The summed E-state index contributed by atoms with van der Waals surface area (Å²) in [5.41, 5.74) is 10.5. The highest BCUT2D eigenvalue weighted by Crippen LogP contribution is 2.42. The first-order chi connectivity index (χ1) is 35.4. The predicted octanol–water partition coefficient (Wildman–Crippen LogP) is 10.6. The monoisotopic (exact) mass is 991 g/mol. The average molecular weight is 991 g/mol. The maximum Gasteiger partial charge on any atom is 0.261 e. The zero-order chi connectivity index (χ0) is 51.1. The van der Waals surface area contributed by atoms with Gasteiger partial charge < -0.3 is 38.2 Å². The summed E-state index contributed by atoms with van der Waals surface area (Å²) in [5.74, 6) is 1.85. The normalized spacial score (nSPS) is 16.5. The average Bonchev–Trinajstić information content (AvgIpc) is 3.89. The Hall–Kier alpha value is -6.54. The molecule has 9 rings (SSSR count). The van der Waals surface area contributed by atoms with Crippen molar-refractivity contribution >= 4 is 46.6 Å². The lowest BCUT2D eigenvalue weighted by Gasteiger charge is -2.35. The van der Waals surface area contributed by atoms with Crippen molar-refractivity contribution in [2.75, 3.05) is 75.0 Å². The van der Waals surface area contributed by atoms with Crippen LogP contribution < -0.4 is 28.9 Å². The summed E-state index contributed by atoms with van der Waals surface area (Å²) < 4.78 is 36.2. The molecular formula is C60H70N4O9. The number of hydrogen-bond acceptors (Lipinski definition) is 11. The number of hydrogen-bond donors (Lipinski definition) is 0. The molecule has 4 aliphatic rings. The van der Waals surface area contributed by atoms with Gasteiger partial charge in [0.1, 0.15) is 24.7 Å². The molecule has 0 unspecified atom stereocenters. The molecule has 13 heteroatoms. The summed E-state index contributed by atoms with van der Waals surface area (Å²) in [4.78, 5) is 51.8. The number of anilines is 3. The van der Waals surface area contributed by atoms with Crippen LogP contribution in [-0.4, -0.2) is 96.2 Å². The number of amides is 2. The zero-order valence-electron chi connectivity index (χ0n) is 43.4. The van der Waals surface area contributed by atoms with Gasteiger partial charge >= 0.3 is 0 Å². The third kappa shape index (κ3) is 11.8. The molecule has 4 heterocycles. The quantitative estimate of drug-likeness (QED) is 0.0551. The SMILES string of the molecule is CCC(=O)CCCC(C)(C)CN(CCOCCOCCOC)c1cc(COc2cc3c(cc2C)C(=O)N2c4ccccc4C[C@H]2CC3)cc(COc2cc3c(cc2OC)C(=O)N2c4ccccc4C[C@H]2C=N3)c1. The van der Waals surface area contributed by atoms with E-state index < -0.39 is 0 Å². The van der Waals surface area contributed by atoms with Gasteiger partial charge in [-0.25, -0.2) is 0 Å². The third-order valence-corrected chi connectivity index (χ3v) is 14.6. The summed E-state index contributed by atoms with van der Waals surface area (Å²) in [7, 11) is 3.24. The van der Waals surface area contributed by atoms with E-state index in [1.165, 1.54) is 5.56 Å². The minimum atomic E-state index is -0.185. The highest BCUT2D eigenvalue weighted by Gasteiger charge is 2.38. The number of carbonyl (C=O) groups excluding carboxylic acids is 3. The Morgan fingerprint density at radius 3 is 2.14 bits per heavy atom. The Labute approximate surface area is 430 Å². The Kier molecular flexibility index (Phi) is 16.3. The van der Waals surface area contributed by atoms with Crippen LogP contribution in [0.1, 0.15) is 107 Å². The van der Waals surface area contributed by atoms with E-state index in [0.29, 0.717) is 88.1 Å². The van der Waals surface area contributed by atoms with Gasteiger partial charge in [-0.3, -0.25) is 24.3 Å². The number of ether oxygens (including phenoxy) is 6. The number of rotatable bonds is 24. The molecule has 5 aromatic carbocycles. The molecular weight excluding hydrogens is 921 g/mol. The molecule has 0 saturated heterocycles. The summed E-state index contributed by atoms with van der Waals surface area (Å²) in [6, 6.07) is 30.2. The molecule has 2 amide bonds. The van der Waals surface area contributed by atoms with E-state index in [9.17, 15) is 14.4 Å². The number of Topliss-reactive ketones (excluding diaryl/α,β-unsaturated/α-hetero) is 1. The topological polar surface area (TPSA) is 129 Å². The Morgan fingerprint density at radius 1 is 0.740 bits per heavy atom. The minimum absolute atomic E-state index is 0.0487. The number of para-hydroxylation sites is 2. The minimum Gasteiger partial charge on any atom is -0.493 e. The second kappa shape index (κ2) is 23.1. The Balaban J connectivity index is 0.997. The van der Waals surface area contributed by atoms with Gasteiger partial charge in [-0.2, -0.15) is 0 Å². The van der Waals surface area contributed by atoms with Crippen molar-refractivity contribution in [1.29, 1.82) is 0 Å². The predicted molar refractivity (Wildman–Crippen MR) is 286 cm³/mol. The van der Waals surface area contributed by atoms with Gasteiger partial charge in [-0.1, -0.05) is 57.2 Å². The molecule has 0 radical (unpaired) electrons. The molecule has 73 heavy (non-hydrogen) atoms. The molecule has 0 N–H and O–H groups in total. The number of aliphatic imine (C=N–C) groups is 1. The van der Waals surface area contributed by atoms with Crippen molar-refractivity contribution in [2.45, 2.75) is 104 Å². The maximum absolute atomic E-state index is 14.2. The highest BCUT2D eigenvalue weighted by molar-refractivity contribution is 6.15. The van der Waals surface area contributed by atoms with Crippen LogP contribution in [0.25, 0.3) is 0 Å². The Morgan fingerprint density at radius 2 is 1.41 bits per heavy atom. The molecule has 5 aromatic rings. The molecule has 0 aromatic heterocycles. The fraction of sp³-hybridized carbons (Fsp3) is 0.433. The number of aryl methyl sites for hydroxylation is 2. The lowest BCUT2D eigenvalue weighted by Crippen LogP contribution is -2.37. The van der Waals surface area contributed by atoms with Crippen LogP contribution in [0.5, 0.6) is 17.2 Å². The number of ketones is 1. The van der Waals surface area contributed by atoms with Crippen LogP contribution in [0.2, 0.25) is 0 Å². The summed E-state index contributed by atoms with van der Waals surface area (Å²) in [6.45, 7) is 12.6. The van der Waals surface area contributed by atoms with Gasteiger partial charge in [0, 0.05) is 80.4 Å². The first kappa shape index (κ1) is 51.4. The smallest absolute Gasteiger partial charge is 0.261 e. The maximum atomic E-state index is 14.2. The second-order valence-electron chi connectivity index (χ2n) is 20.5. The van der Waals surface area contributed by atoms with E-state index in [4.69, 9.17) is 33.4 Å². The summed E-state index contributed by atoms with van der Waals surface area (Å²) >= 11 is 0. The fourth-order valence-electron chi connectivity index (χ4n) is 10.8. The van der Waals surface area contributed by atoms with Crippen molar-refractivity contribution < 1.29 is 42.8 Å². The van der Waals surface area contributed by atoms with Crippen molar-refractivity contribution in [1.82, 2.24) is 0 Å². The first-order valence-electron chi connectivity index (χ1n) is 26.0. The number of benzene rings is 5. The zero-order valence-corrected chi connectivity index (χ0v) is 43.4. The molecule has 384 valence electrons. The van der Waals surface area contributed by atoms with E-state index in [0.717, 1.165) is 88.3 Å². The summed E-state index contributed by atoms with van der Waals surface area (Å²) in [5, 5.41) is 0. The Bertz CT molecular complexity index is 2840. The van der Waals surface area contributed by atoms with E-state index in [1.807, 2.05) is 66.3 Å². The van der Waals surface area contributed by atoms with Gasteiger partial charge in [0.2, 0.25) is 0 Å². The van der Waals surface area contributed by atoms with Gasteiger partial charge in [0.15, 0.2) is 11.5 Å². The van der Waals surface area contributed by atoms with Crippen LogP contribution in [0.15, 0.2) is 96.0 Å². The lowest BCUT2D eigenvalue weighted by atomic mass is 9.85. The lowest BCUT2D eigenvalue weighted by molar-refractivity contribution is -0.118. The molecule has 2 atom stereocenters. The van der Waals surface area contributed by atoms with Crippen molar-refractivity contribution in [3.63, 3.8) is 0 Å². The third-order valence-electron chi connectivity index (χ3n) is 14.6. The van der Waals surface area contributed by atoms with Crippen LogP contribution in [0.4, 0.5) is 22.7 Å². The number of fused-ring (bicyclic) bond motifs is 8. The molecule has 0 fully saturated rings. The second-order valence-corrected chi connectivity index (χ2v) is 20.5. The van der Waals surface area contributed by atoms with Gasteiger partial charge in [-0.15, -0.1) is 0 Å². The molecule has 0 saturated carbocycles. The van der Waals surface area contributed by atoms with Crippen molar-refractivity contribution in [3.05, 3.63) is 136 Å². The molecule has 0 bridgehead atoms. The van der Waals surface area contributed by atoms with Crippen LogP contribution in [-0.2, 0) is 51.5 Å². The highest BCUT2D eigenvalue weighted by atomic mass is 16.5. The van der Waals surface area contributed by atoms with Crippen LogP contribution >= 0.6 is 0 Å². The van der Waals surface area contributed by atoms with Crippen molar-refractivity contribution in [3.8, 4) is 17.2 Å².